The van der Waals surface area contributed by atoms with Gasteiger partial charge in [0, 0.05) is 19.3 Å². The zero-order valence-corrected chi connectivity index (χ0v) is 49.1. The van der Waals surface area contributed by atoms with E-state index in [9.17, 15) is 14.4 Å². The predicted octanol–water partition coefficient (Wildman–Crippen LogP) is 21.7. The highest BCUT2D eigenvalue weighted by Crippen LogP contribution is 2.16. The summed E-state index contributed by atoms with van der Waals surface area (Å²) in [6.45, 7) is 6.54. The van der Waals surface area contributed by atoms with Gasteiger partial charge >= 0.3 is 17.9 Å². The van der Waals surface area contributed by atoms with Crippen molar-refractivity contribution >= 4 is 17.9 Å². The van der Waals surface area contributed by atoms with Gasteiger partial charge in [0.1, 0.15) is 13.2 Å². The lowest BCUT2D eigenvalue weighted by molar-refractivity contribution is -0.167. The second-order valence-corrected chi connectivity index (χ2v) is 21.3. The number of unbranched alkanes of at least 4 members (excludes halogenated alkanes) is 35. The number of hydrogen-bond donors (Lipinski definition) is 0. The van der Waals surface area contributed by atoms with Gasteiger partial charge in [-0.05, 0) is 109 Å². The van der Waals surface area contributed by atoms with Gasteiger partial charge in [-0.1, -0.05) is 267 Å². The van der Waals surface area contributed by atoms with Gasteiger partial charge in [0.05, 0.1) is 0 Å². The second kappa shape index (κ2) is 62.4. The summed E-state index contributed by atoms with van der Waals surface area (Å²) >= 11 is 0. The number of ether oxygens (including phenoxy) is 3. The highest BCUT2D eigenvalue weighted by molar-refractivity contribution is 5.71. The molecule has 0 aromatic carbocycles. The van der Waals surface area contributed by atoms with Gasteiger partial charge in [0.25, 0.3) is 0 Å². The van der Waals surface area contributed by atoms with E-state index in [2.05, 4.69) is 93.7 Å². The Morgan fingerprint density at radius 2 is 0.527 bits per heavy atom. The first-order valence-corrected chi connectivity index (χ1v) is 31.9. The molecule has 0 saturated carbocycles. The van der Waals surface area contributed by atoms with Crippen LogP contribution in [0.4, 0.5) is 0 Å². The fourth-order valence-corrected chi connectivity index (χ4v) is 9.13. The van der Waals surface area contributed by atoms with Crippen LogP contribution < -0.4 is 0 Å². The van der Waals surface area contributed by atoms with E-state index in [1.807, 2.05) is 0 Å². The minimum absolute atomic E-state index is 0.0803. The maximum Gasteiger partial charge on any atom is 0.306 e. The van der Waals surface area contributed by atoms with Gasteiger partial charge < -0.3 is 14.2 Å². The van der Waals surface area contributed by atoms with Crippen LogP contribution in [0.5, 0.6) is 0 Å². The summed E-state index contributed by atoms with van der Waals surface area (Å²) in [6.07, 6.45) is 80.4. The zero-order chi connectivity index (χ0) is 53.6. The summed E-state index contributed by atoms with van der Waals surface area (Å²) < 4.78 is 16.9. The van der Waals surface area contributed by atoms with Crippen LogP contribution in [0.25, 0.3) is 0 Å². The van der Waals surface area contributed by atoms with E-state index in [4.69, 9.17) is 14.2 Å². The molecule has 0 aliphatic carbocycles. The molecule has 0 rings (SSSR count). The normalized spacial score (nSPS) is 12.5. The van der Waals surface area contributed by atoms with Crippen molar-refractivity contribution in [1.82, 2.24) is 0 Å². The largest absolute Gasteiger partial charge is 0.462 e. The Balaban J connectivity index is 4.36. The lowest BCUT2D eigenvalue weighted by Gasteiger charge is -2.18. The van der Waals surface area contributed by atoms with Crippen molar-refractivity contribution in [1.29, 1.82) is 0 Å². The summed E-state index contributed by atoms with van der Waals surface area (Å²) in [5.74, 6) is -0.882. The molecule has 0 fully saturated rings. The number of allylic oxidation sites excluding steroid dienone is 12. The third-order valence-electron chi connectivity index (χ3n) is 13.9. The maximum absolute atomic E-state index is 12.9. The molecule has 0 aromatic heterocycles. The van der Waals surface area contributed by atoms with E-state index >= 15 is 0 Å². The number of carbonyl (C=O) groups is 3. The van der Waals surface area contributed by atoms with Crippen LogP contribution in [0.3, 0.4) is 0 Å². The first kappa shape index (κ1) is 70.8. The molecule has 0 aliphatic rings. The first-order chi connectivity index (χ1) is 36.5. The smallest absolute Gasteiger partial charge is 0.306 e. The number of carbonyl (C=O) groups excluding carboxylic acids is 3. The molecular formula is C68H120O6. The molecule has 0 radical (unpaired) electrons. The van der Waals surface area contributed by atoms with Gasteiger partial charge in [-0.3, -0.25) is 14.4 Å². The molecule has 428 valence electrons. The van der Waals surface area contributed by atoms with Gasteiger partial charge in [-0.25, -0.2) is 0 Å². The molecule has 1 atom stereocenters. The zero-order valence-electron chi connectivity index (χ0n) is 49.1. The van der Waals surface area contributed by atoms with E-state index in [1.165, 1.54) is 193 Å². The summed E-state index contributed by atoms with van der Waals surface area (Å²) in [5, 5.41) is 0. The van der Waals surface area contributed by atoms with E-state index in [0.717, 1.165) is 89.9 Å². The minimum Gasteiger partial charge on any atom is -0.462 e. The Morgan fingerprint density at radius 1 is 0.284 bits per heavy atom. The number of rotatable bonds is 58. The molecule has 6 nitrogen and oxygen atoms in total. The predicted molar refractivity (Wildman–Crippen MR) is 321 cm³/mol. The molecule has 6 heteroatoms. The standard InChI is InChI=1S/C68H120O6/c1-4-7-10-13-16-19-22-25-28-31-32-33-34-35-36-38-40-43-46-49-52-55-58-61-67(70)73-64-65(63-72-66(69)60-57-54-51-48-45-42-39-30-27-24-21-18-15-12-9-6-3)74-68(71)62-59-56-53-50-47-44-41-37-29-26-23-20-17-14-11-8-5-2/h7,10,16,19,25-26,28-30,32-33,39,65H,4-6,8-9,11-15,17-18,20-24,27,31,34-38,40-64H2,1-3H3/b10-7-,19-16-,28-25-,29-26-,33-32-,39-30-. The van der Waals surface area contributed by atoms with E-state index in [1.54, 1.807) is 0 Å². The van der Waals surface area contributed by atoms with Crippen molar-refractivity contribution in [3.63, 3.8) is 0 Å². The molecule has 0 spiro atoms. The molecule has 0 amide bonds. The summed E-state index contributed by atoms with van der Waals surface area (Å²) in [7, 11) is 0. The summed E-state index contributed by atoms with van der Waals surface area (Å²) in [4.78, 5) is 38.3. The molecule has 0 N–H and O–H groups in total. The van der Waals surface area contributed by atoms with Crippen molar-refractivity contribution in [2.24, 2.45) is 0 Å². The first-order valence-electron chi connectivity index (χ1n) is 31.9. The van der Waals surface area contributed by atoms with Crippen molar-refractivity contribution in [3.8, 4) is 0 Å². The van der Waals surface area contributed by atoms with Crippen LogP contribution in [-0.2, 0) is 28.6 Å². The average Bonchev–Trinajstić information content (AvgIpc) is 3.40. The van der Waals surface area contributed by atoms with Crippen molar-refractivity contribution in [2.45, 2.75) is 329 Å². The van der Waals surface area contributed by atoms with Gasteiger partial charge in [0.2, 0.25) is 0 Å². The lowest BCUT2D eigenvalue weighted by atomic mass is 10.1. The fraction of sp³-hybridized carbons (Fsp3) is 0.779. The minimum atomic E-state index is -0.783. The van der Waals surface area contributed by atoms with Crippen LogP contribution in [0.2, 0.25) is 0 Å². The molecule has 1 unspecified atom stereocenters. The topological polar surface area (TPSA) is 78.9 Å². The number of hydrogen-bond acceptors (Lipinski definition) is 6. The monoisotopic (exact) mass is 1030 g/mol. The van der Waals surface area contributed by atoms with Crippen molar-refractivity contribution in [2.75, 3.05) is 13.2 Å². The highest BCUT2D eigenvalue weighted by atomic mass is 16.6. The van der Waals surface area contributed by atoms with Crippen LogP contribution >= 0.6 is 0 Å². The Hall–Kier alpha value is -3.15. The molecule has 0 aromatic rings. The Morgan fingerprint density at radius 3 is 0.838 bits per heavy atom. The van der Waals surface area contributed by atoms with Gasteiger partial charge in [0.15, 0.2) is 6.10 Å². The third kappa shape index (κ3) is 59.7. The Bertz CT molecular complexity index is 1370. The molecule has 0 bridgehead atoms. The van der Waals surface area contributed by atoms with Crippen molar-refractivity contribution < 1.29 is 28.6 Å². The SMILES string of the molecule is CC/C=C\C/C=C\C/C=C\C/C=C\CCCCCCCCCCCCC(=O)OCC(COC(=O)CCCCCCC/C=C\CCCCCCCCC)OC(=O)CCCCCCCCC/C=C\CCCCCCCC. The Kier molecular flexibility index (Phi) is 59.7. The molecule has 74 heavy (non-hydrogen) atoms. The summed E-state index contributed by atoms with van der Waals surface area (Å²) in [5.41, 5.74) is 0. The van der Waals surface area contributed by atoms with Crippen LogP contribution in [-0.4, -0.2) is 37.2 Å². The van der Waals surface area contributed by atoms with E-state index < -0.39 is 6.10 Å². The molecule has 0 aliphatic heterocycles. The van der Waals surface area contributed by atoms with E-state index in [-0.39, 0.29) is 31.1 Å². The van der Waals surface area contributed by atoms with Crippen LogP contribution in [0.1, 0.15) is 323 Å². The van der Waals surface area contributed by atoms with E-state index in [0.29, 0.717) is 19.3 Å². The third-order valence-corrected chi connectivity index (χ3v) is 13.9. The molecule has 0 saturated heterocycles. The fourth-order valence-electron chi connectivity index (χ4n) is 9.13. The quantitative estimate of drug-likeness (QED) is 0.0261. The summed E-state index contributed by atoms with van der Waals surface area (Å²) in [6, 6.07) is 0. The van der Waals surface area contributed by atoms with Crippen LogP contribution in [0, 0.1) is 0 Å². The maximum atomic E-state index is 12.9. The average molecular weight is 1030 g/mol. The van der Waals surface area contributed by atoms with Crippen LogP contribution in [0.15, 0.2) is 72.9 Å². The van der Waals surface area contributed by atoms with Gasteiger partial charge in [-0.15, -0.1) is 0 Å². The lowest BCUT2D eigenvalue weighted by Crippen LogP contribution is -2.30. The molecular weight excluding hydrogens is 913 g/mol. The van der Waals surface area contributed by atoms with Crippen molar-refractivity contribution in [3.05, 3.63) is 72.9 Å². The van der Waals surface area contributed by atoms with Gasteiger partial charge in [-0.2, -0.15) is 0 Å². The Labute approximate surface area is 459 Å². The second-order valence-electron chi connectivity index (χ2n) is 21.3. The number of esters is 3. The molecule has 0 heterocycles. The highest BCUT2D eigenvalue weighted by Gasteiger charge is 2.19.